The van der Waals surface area contributed by atoms with Crippen LogP contribution in [0.4, 0.5) is 11.4 Å². The van der Waals surface area contributed by atoms with Crippen molar-refractivity contribution in [1.29, 1.82) is 0 Å². The number of nitro benzene ring substituents is 1. The Bertz CT molecular complexity index is 416. The Morgan fingerprint density at radius 3 is 3.11 bits per heavy atom. The maximum Gasteiger partial charge on any atom is 0.271 e. The van der Waals surface area contributed by atoms with Gasteiger partial charge in [0.15, 0.2) is 0 Å². The predicted octanol–water partition coefficient (Wildman–Crippen LogP) is 2.54. The summed E-state index contributed by atoms with van der Waals surface area (Å²) in [6.07, 6.45) is 3.51. The predicted molar refractivity (Wildman–Crippen MR) is 71.8 cm³/mol. The summed E-state index contributed by atoms with van der Waals surface area (Å²) in [5, 5.41) is 17.5. The lowest BCUT2D eigenvalue weighted by Crippen LogP contribution is -2.29. The second-order valence-electron chi connectivity index (χ2n) is 4.88. The molecule has 0 radical (unpaired) electrons. The Hall–Kier alpha value is -1.62. The molecule has 1 aromatic carbocycles. The summed E-state index contributed by atoms with van der Waals surface area (Å²) >= 11 is 0. The molecule has 0 spiro atoms. The van der Waals surface area contributed by atoms with Crippen molar-refractivity contribution in [2.75, 3.05) is 11.9 Å². The van der Waals surface area contributed by atoms with E-state index < -0.39 is 0 Å². The van der Waals surface area contributed by atoms with Gasteiger partial charge in [-0.15, -0.1) is 0 Å². The summed E-state index contributed by atoms with van der Waals surface area (Å²) in [5.41, 5.74) is 0.945. The molecule has 1 saturated heterocycles. The van der Waals surface area contributed by atoms with Gasteiger partial charge in [-0.1, -0.05) is 6.07 Å². The van der Waals surface area contributed by atoms with E-state index in [-0.39, 0.29) is 10.6 Å². The number of rotatable bonds is 5. The Morgan fingerprint density at radius 2 is 2.44 bits per heavy atom. The zero-order chi connectivity index (χ0) is 13.0. The number of benzene rings is 1. The van der Waals surface area contributed by atoms with E-state index in [9.17, 15) is 10.1 Å². The van der Waals surface area contributed by atoms with Gasteiger partial charge in [0.05, 0.1) is 4.92 Å². The quantitative estimate of drug-likeness (QED) is 0.621. The topological polar surface area (TPSA) is 67.2 Å². The third-order valence-electron chi connectivity index (χ3n) is 3.27. The van der Waals surface area contributed by atoms with E-state index in [1.54, 1.807) is 12.1 Å². The fourth-order valence-electron chi connectivity index (χ4n) is 2.44. The van der Waals surface area contributed by atoms with Gasteiger partial charge in [-0.25, -0.2) is 0 Å². The van der Waals surface area contributed by atoms with Crippen molar-refractivity contribution in [3.05, 3.63) is 34.4 Å². The average molecular weight is 249 g/mol. The van der Waals surface area contributed by atoms with E-state index in [4.69, 9.17) is 0 Å². The summed E-state index contributed by atoms with van der Waals surface area (Å²) < 4.78 is 0. The van der Waals surface area contributed by atoms with Crippen molar-refractivity contribution in [2.45, 2.75) is 38.3 Å². The van der Waals surface area contributed by atoms with E-state index in [0.717, 1.165) is 18.7 Å². The van der Waals surface area contributed by atoms with E-state index in [1.165, 1.54) is 18.9 Å². The normalized spacial score (nSPS) is 20.6. The zero-order valence-corrected chi connectivity index (χ0v) is 10.6. The summed E-state index contributed by atoms with van der Waals surface area (Å²) in [7, 11) is 0. The van der Waals surface area contributed by atoms with E-state index in [1.807, 2.05) is 6.07 Å². The third-order valence-corrected chi connectivity index (χ3v) is 3.27. The van der Waals surface area contributed by atoms with Gasteiger partial charge in [0.2, 0.25) is 0 Å². The second kappa shape index (κ2) is 5.82. The molecule has 0 bridgehead atoms. The Balaban J connectivity index is 1.91. The largest absolute Gasteiger partial charge is 0.382 e. The molecule has 2 N–H and O–H groups in total. The van der Waals surface area contributed by atoms with Crippen molar-refractivity contribution < 1.29 is 4.92 Å². The molecule has 1 aromatic rings. The van der Waals surface area contributed by atoms with Crippen LogP contribution in [0.15, 0.2) is 24.3 Å². The van der Waals surface area contributed by atoms with Gasteiger partial charge in [0.1, 0.15) is 0 Å². The Labute approximate surface area is 107 Å². The first kappa shape index (κ1) is 12.8. The Kier molecular flexibility index (Phi) is 4.15. The molecule has 5 heteroatoms. The van der Waals surface area contributed by atoms with E-state index in [0.29, 0.717) is 12.1 Å². The van der Waals surface area contributed by atoms with Crippen LogP contribution in [0, 0.1) is 10.1 Å². The van der Waals surface area contributed by atoms with Crippen molar-refractivity contribution in [3.63, 3.8) is 0 Å². The maximum atomic E-state index is 10.7. The van der Waals surface area contributed by atoms with Gasteiger partial charge in [-0.3, -0.25) is 10.1 Å². The smallest absolute Gasteiger partial charge is 0.271 e. The van der Waals surface area contributed by atoms with Gasteiger partial charge in [-0.2, -0.15) is 0 Å². The van der Waals surface area contributed by atoms with Crippen molar-refractivity contribution in [3.8, 4) is 0 Å². The van der Waals surface area contributed by atoms with Crippen molar-refractivity contribution in [1.82, 2.24) is 5.32 Å². The standard InChI is InChI=1S/C13H19N3O2/c1-10(8-11-5-3-7-14-11)15-12-4-2-6-13(9-12)16(17)18/h2,4,6,9-11,14-15H,3,5,7-8H2,1H3. The lowest BCUT2D eigenvalue weighted by Gasteiger charge is -2.19. The number of hydrogen-bond donors (Lipinski definition) is 2. The van der Waals surface area contributed by atoms with Crippen LogP contribution in [0.5, 0.6) is 0 Å². The highest BCUT2D eigenvalue weighted by Gasteiger charge is 2.17. The molecular formula is C13H19N3O2. The van der Waals surface area contributed by atoms with Gasteiger partial charge in [-0.05, 0) is 38.8 Å². The molecule has 18 heavy (non-hydrogen) atoms. The second-order valence-corrected chi connectivity index (χ2v) is 4.88. The monoisotopic (exact) mass is 249 g/mol. The molecule has 2 rings (SSSR count). The van der Waals surface area contributed by atoms with Gasteiger partial charge >= 0.3 is 0 Å². The fraction of sp³-hybridized carbons (Fsp3) is 0.538. The third kappa shape index (κ3) is 3.43. The van der Waals surface area contributed by atoms with Crippen molar-refractivity contribution in [2.24, 2.45) is 0 Å². The molecule has 0 aromatic heterocycles. The molecule has 1 fully saturated rings. The molecular weight excluding hydrogens is 230 g/mol. The van der Waals surface area contributed by atoms with E-state index in [2.05, 4.69) is 17.6 Å². The molecule has 2 unspecified atom stereocenters. The molecule has 0 saturated carbocycles. The molecule has 5 nitrogen and oxygen atoms in total. The van der Waals surface area contributed by atoms with Crippen molar-refractivity contribution >= 4 is 11.4 Å². The number of hydrogen-bond acceptors (Lipinski definition) is 4. The minimum Gasteiger partial charge on any atom is -0.382 e. The zero-order valence-electron chi connectivity index (χ0n) is 10.6. The minimum absolute atomic E-state index is 0.131. The first-order valence-electron chi connectivity index (χ1n) is 6.39. The van der Waals surface area contributed by atoms with Crippen LogP contribution in [0.25, 0.3) is 0 Å². The highest BCUT2D eigenvalue weighted by Crippen LogP contribution is 2.19. The minimum atomic E-state index is -0.367. The van der Waals surface area contributed by atoms with Crippen LogP contribution in [0.2, 0.25) is 0 Å². The lowest BCUT2D eigenvalue weighted by molar-refractivity contribution is -0.384. The molecule has 1 heterocycles. The van der Waals surface area contributed by atoms with Crippen LogP contribution >= 0.6 is 0 Å². The molecule has 98 valence electrons. The molecule has 1 aliphatic rings. The SMILES string of the molecule is CC(CC1CCCN1)Nc1cccc([N+](=O)[O-])c1. The van der Waals surface area contributed by atoms with Crippen LogP contribution in [-0.2, 0) is 0 Å². The molecule has 2 atom stereocenters. The van der Waals surface area contributed by atoms with Gasteiger partial charge in [0.25, 0.3) is 5.69 Å². The molecule has 0 aliphatic carbocycles. The van der Waals surface area contributed by atoms with Gasteiger partial charge < -0.3 is 10.6 Å². The summed E-state index contributed by atoms with van der Waals surface area (Å²) in [4.78, 5) is 10.3. The molecule has 1 aliphatic heterocycles. The highest BCUT2D eigenvalue weighted by molar-refractivity contribution is 5.51. The summed E-state index contributed by atoms with van der Waals surface area (Å²) in [6, 6.07) is 7.55. The molecule has 0 amide bonds. The summed E-state index contributed by atoms with van der Waals surface area (Å²) in [5.74, 6) is 0. The first-order chi connectivity index (χ1) is 8.65. The number of non-ortho nitro benzene ring substituents is 1. The fourth-order valence-corrected chi connectivity index (χ4v) is 2.44. The number of nitro groups is 1. The number of anilines is 1. The van der Waals surface area contributed by atoms with Crippen LogP contribution in [0.1, 0.15) is 26.2 Å². The van der Waals surface area contributed by atoms with Crippen LogP contribution in [0.3, 0.4) is 0 Å². The number of nitrogens with one attached hydrogen (secondary N) is 2. The van der Waals surface area contributed by atoms with E-state index >= 15 is 0 Å². The average Bonchev–Trinajstić information content (AvgIpc) is 2.82. The van der Waals surface area contributed by atoms with Crippen LogP contribution < -0.4 is 10.6 Å². The highest BCUT2D eigenvalue weighted by atomic mass is 16.6. The van der Waals surface area contributed by atoms with Gasteiger partial charge in [0, 0.05) is 29.9 Å². The van der Waals surface area contributed by atoms with Crippen LogP contribution in [-0.4, -0.2) is 23.6 Å². The summed E-state index contributed by atoms with van der Waals surface area (Å²) in [6.45, 7) is 3.22. The number of nitrogens with zero attached hydrogens (tertiary/aromatic N) is 1. The Morgan fingerprint density at radius 1 is 1.61 bits per heavy atom. The first-order valence-corrected chi connectivity index (χ1v) is 6.39. The maximum absolute atomic E-state index is 10.7. The lowest BCUT2D eigenvalue weighted by atomic mass is 10.1.